The number of furan rings is 1. The Morgan fingerprint density at radius 1 is 1.23 bits per heavy atom. The number of rotatable bonds is 3. The Labute approximate surface area is 181 Å². The number of piperidine rings is 1. The topological polar surface area (TPSA) is 98.3 Å². The van der Waals surface area contributed by atoms with Crippen molar-refractivity contribution < 1.29 is 17.6 Å². The lowest BCUT2D eigenvalue weighted by molar-refractivity contribution is 0.0699. The Kier molecular flexibility index (Phi) is 4.88. The Morgan fingerprint density at radius 3 is 2.65 bits per heavy atom. The van der Waals surface area contributed by atoms with Crippen LogP contribution in [0.15, 0.2) is 28.9 Å². The number of likely N-dealkylation sites (tertiary alicyclic amines) is 1. The number of amides is 1. The van der Waals surface area contributed by atoms with Crippen molar-refractivity contribution in [2.75, 3.05) is 24.6 Å². The van der Waals surface area contributed by atoms with Gasteiger partial charge in [-0.3, -0.25) is 4.79 Å². The first-order chi connectivity index (χ1) is 14.8. The highest BCUT2D eigenvalue weighted by Crippen LogP contribution is 2.33. The molecule has 1 atom stereocenters. The lowest BCUT2D eigenvalue weighted by Crippen LogP contribution is -2.38. The van der Waals surface area contributed by atoms with Crippen LogP contribution in [-0.4, -0.2) is 58.6 Å². The van der Waals surface area contributed by atoms with Gasteiger partial charge in [0.25, 0.3) is 5.91 Å². The molecule has 0 bridgehead atoms. The normalized spacial score (nSPS) is 21.7. The maximum absolute atomic E-state index is 13.6. The number of fused-ring (bicyclic) bond motifs is 1. The minimum absolute atomic E-state index is 0.0335. The molecule has 8 nitrogen and oxygen atoms in total. The molecule has 164 valence electrons. The van der Waals surface area contributed by atoms with Crippen LogP contribution in [0.2, 0.25) is 0 Å². The molecule has 31 heavy (non-hydrogen) atoms. The molecule has 0 N–H and O–H groups in total. The largest absolute Gasteiger partial charge is 0.463 e. The third-order valence-corrected chi connectivity index (χ3v) is 8.22. The van der Waals surface area contributed by atoms with Crippen molar-refractivity contribution in [1.29, 1.82) is 0 Å². The van der Waals surface area contributed by atoms with Gasteiger partial charge in [0.15, 0.2) is 21.2 Å². The third-order valence-electron chi connectivity index (χ3n) is 6.47. The second-order valence-electron chi connectivity index (χ2n) is 8.79. The second kappa shape index (κ2) is 7.47. The number of hydrogen-bond acceptors (Lipinski definition) is 6. The molecular formula is C22H26N4O4S. The van der Waals surface area contributed by atoms with Gasteiger partial charge in [-0.1, -0.05) is 6.92 Å². The predicted octanol–water partition coefficient (Wildman–Crippen LogP) is 3.23. The molecule has 0 saturated carbocycles. The Balaban J connectivity index is 1.66. The molecule has 2 saturated heterocycles. The quantitative estimate of drug-likeness (QED) is 0.618. The first kappa shape index (κ1) is 20.2. The van der Waals surface area contributed by atoms with Crippen LogP contribution in [0.4, 0.5) is 0 Å². The Hall–Kier alpha value is -2.68. The zero-order valence-electron chi connectivity index (χ0n) is 17.7. The van der Waals surface area contributed by atoms with E-state index in [0.29, 0.717) is 46.1 Å². The van der Waals surface area contributed by atoms with Crippen LogP contribution >= 0.6 is 0 Å². The van der Waals surface area contributed by atoms with Gasteiger partial charge in [0.1, 0.15) is 5.69 Å². The van der Waals surface area contributed by atoms with Gasteiger partial charge in [0.2, 0.25) is 0 Å². The molecule has 2 fully saturated rings. The lowest BCUT2D eigenvalue weighted by atomic mass is 9.98. The van der Waals surface area contributed by atoms with E-state index in [2.05, 4.69) is 12.0 Å². The van der Waals surface area contributed by atoms with E-state index in [-0.39, 0.29) is 23.5 Å². The lowest BCUT2D eigenvalue weighted by Gasteiger charge is -2.30. The van der Waals surface area contributed by atoms with Crippen LogP contribution in [0.1, 0.15) is 48.3 Å². The fourth-order valence-electron chi connectivity index (χ4n) is 4.64. The van der Waals surface area contributed by atoms with Gasteiger partial charge >= 0.3 is 0 Å². The summed E-state index contributed by atoms with van der Waals surface area (Å²) in [5, 5.41) is 5.35. The summed E-state index contributed by atoms with van der Waals surface area (Å²) in [6.45, 7) is 5.53. The molecule has 5 heterocycles. The number of hydrogen-bond donors (Lipinski definition) is 0. The smallest absolute Gasteiger partial charge is 0.254 e. The number of aromatic nitrogens is 3. The zero-order valence-corrected chi connectivity index (χ0v) is 18.6. The molecule has 3 aromatic rings. The number of nitrogens with zero attached hydrogens (tertiary/aromatic N) is 4. The number of pyridine rings is 1. The fourth-order valence-corrected chi connectivity index (χ4v) is 6.33. The summed E-state index contributed by atoms with van der Waals surface area (Å²) in [6.07, 6.45) is 4.05. The summed E-state index contributed by atoms with van der Waals surface area (Å²) >= 11 is 0. The van der Waals surface area contributed by atoms with Crippen LogP contribution in [0, 0.1) is 12.8 Å². The number of carbonyl (C=O) groups is 1. The van der Waals surface area contributed by atoms with Crippen LogP contribution in [0.3, 0.4) is 0 Å². The highest BCUT2D eigenvalue weighted by molar-refractivity contribution is 7.91. The van der Waals surface area contributed by atoms with Crippen molar-refractivity contribution in [3.05, 3.63) is 35.7 Å². The highest BCUT2D eigenvalue weighted by Gasteiger charge is 2.33. The van der Waals surface area contributed by atoms with Gasteiger partial charge in [0.05, 0.1) is 40.5 Å². The van der Waals surface area contributed by atoms with Gasteiger partial charge < -0.3 is 9.32 Å². The van der Waals surface area contributed by atoms with E-state index in [4.69, 9.17) is 9.40 Å². The van der Waals surface area contributed by atoms with Crippen molar-refractivity contribution in [3.8, 4) is 11.5 Å². The van der Waals surface area contributed by atoms with E-state index in [1.54, 1.807) is 29.1 Å². The maximum Gasteiger partial charge on any atom is 0.254 e. The molecule has 9 heteroatoms. The van der Waals surface area contributed by atoms with E-state index >= 15 is 0 Å². The summed E-state index contributed by atoms with van der Waals surface area (Å²) in [7, 11) is -3.09. The first-order valence-electron chi connectivity index (χ1n) is 10.8. The second-order valence-corrected chi connectivity index (χ2v) is 11.0. The van der Waals surface area contributed by atoms with Gasteiger partial charge in [0, 0.05) is 13.1 Å². The molecule has 0 aliphatic carbocycles. The molecular weight excluding hydrogens is 416 g/mol. The molecule has 3 aromatic heterocycles. The molecule has 5 rings (SSSR count). The average Bonchev–Trinajstić information content (AvgIpc) is 3.47. The third kappa shape index (κ3) is 3.64. The summed E-state index contributed by atoms with van der Waals surface area (Å²) in [5.74, 6) is 1.34. The van der Waals surface area contributed by atoms with Crippen molar-refractivity contribution in [3.63, 3.8) is 0 Å². The number of sulfone groups is 1. The predicted molar refractivity (Wildman–Crippen MR) is 117 cm³/mol. The van der Waals surface area contributed by atoms with Crippen molar-refractivity contribution in [2.24, 2.45) is 5.92 Å². The average molecular weight is 443 g/mol. The molecule has 0 aromatic carbocycles. The number of aryl methyl sites for hydroxylation is 1. The summed E-state index contributed by atoms with van der Waals surface area (Å²) in [5.41, 5.74) is 2.33. The fraction of sp³-hybridized carbons (Fsp3) is 0.500. The van der Waals surface area contributed by atoms with Gasteiger partial charge in [-0.05, 0) is 50.3 Å². The SMILES string of the molecule is Cc1nn(C2CCS(=O)(=O)C2)c2nc(-c3ccco3)cc(C(=O)N3CCC(C)CC3)c12. The molecule has 2 aliphatic heterocycles. The van der Waals surface area contributed by atoms with Crippen LogP contribution < -0.4 is 0 Å². The van der Waals surface area contributed by atoms with Gasteiger partial charge in [-0.2, -0.15) is 5.10 Å². The number of carbonyl (C=O) groups excluding carboxylic acids is 1. The zero-order chi connectivity index (χ0) is 21.8. The molecule has 0 radical (unpaired) electrons. The summed E-state index contributed by atoms with van der Waals surface area (Å²) in [4.78, 5) is 20.2. The molecule has 1 amide bonds. The van der Waals surface area contributed by atoms with Crippen molar-refractivity contribution in [1.82, 2.24) is 19.7 Å². The minimum Gasteiger partial charge on any atom is -0.463 e. The van der Waals surface area contributed by atoms with Crippen LogP contribution in [0.5, 0.6) is 0 Å². The Bertz CT molecular complexity index is 1240. The summed E-state index contributed by atoms with van der Waals surface area (Å²) in [6, 6.07) is 5.09. The molecule has 0 spiro atoms. The van der Waals surface area contributed by atoms with Crippen LogP contribution in [-0.2, 0) is 9.84 Å². The Morgan fingerprint density at radius 2 is 2.00 bits per heavy atom. The van der Waals surface area contributed by atoms with Crippen LogP contribution in [0.25, 0.3) is 22.5 Å². The molecule has 2 aliphatic rings. The standard InChI is InChI=1S/C22H26N4O4S/c1-14-5-8-25(9-6-14)22(27)17-12-18(19-4-3-10-30-19)23-21-20(17)15(2)24-26(21)16-7-11-31(28,29)13-16/h3-4,10,12,14,16H,5-9,11,13H2,1-2H3. The van der Waals surface area contributed by atoms with E-state index < -0.39 is 9.84 Å². The molecule has 1 unspecified atom stereocenters. The van der Waals surface area contributed by atoms with E-state index in [1.165, 1.54) is 0 Å². The van der Waals surface area contributed by atoms with E-state index in [9.17, 15) is 13.2 Å². The van der Waals surface area contributed by atoms with E-state index in [0.717, 1.165) is 25.9 Å². The summed E-state index contributed by atoms with van der Waals surface area (Å²) < 4.78 is 31.4. The first-order valence-corrected chi connectivity index (χ1v) is 12.6. The van der Waals surface area contributed by atoms with Crippen molar-refractivity contribution in [2.45, 2.75) is 39.2 Å². The van der Waals surface area contributed by atoms with Gasteiger partial charge in [-0.25, -0.2) is 18.1 Å². The maximum atomic E-state index is 13.6. The van der Waals surface area contributed by atoms with E-state index in [1.807, 2.05) is 11.8 Å². The highest BCUT2D eigenvalue weighted by atomic mass is 32.2. The van der Waals surface area contributed by atoms with Gasteiger partial charge in [-0.15, -0.1) is 0 Å². The minimum atomic E-state index is -3.09. The monoisotopic (exact) mass is 442 g/mol. The van der Waals surface area contributed by atoms with Crippen molar-refractivity contribution >= 4 is 26.8 Å².